The molecule has 0 radical (unpaired) electrons. The van der Waals surface area contributed by atoms with Crippen LogP contribution >= 0.6 is 0 Å². The van der Waals surface area contributed by atoms with Crippen LogP contribution in [-0.4, -0.2) is 16.5 Å². The van der Waals surface area contributed by atoms with Gasteiger partial charge >= 0.3 is 0 Å². The molecule has 0 spiro atoms. The van der Waals surface area contributed by atoms with E-state index in [0.29, 0.717) is 17.9 Å². The first-order chi connectivity index (χ1) is 7.16. The van der Waals surface area contributed by atoms with E-state index in [-0.39, 0.29) is 0 Å². The lowest BCUT2D eigenvalue weighted by Gasteiger charge is -2.27. The average molecular weight is 207 g/mol. The molecular weight excluding hydrogens is 186 g/mol. The Bertz CT molecular complexity index is 271. The molecule has 0 aliphatic carbocycles. The second kappa shape index (κ2) is 5.81. The van der Waals surface area contributed by atoms with Crippen molar-refractivity contribution in [2.45, 2.75) is 33.7 Å². The van der Waals surface area contributed by atoms with Gasteiger partial charge in [-0.05, 0) is 18.4 Å². The molecule has 0 bridgehead atoms. The van der Waals surface area contributed by atoms with Crippen LogP contribution in [0.5, 0.6) is 0 Å². The number of hydrogen-bond donors (Lipinski definition) is 1. The van der Waals surface area contributed by atoms with Gasteiger partial charge in [0.1, 0.15) is 6.33 Å². The molecule has 1 aromatic heterocycles. The second-order valence-corrected chi connectivity index (χ2v) is 4.31. The maximum absolute atomic E-state index is 4.08. The fraction of sp³-hybridized carbons (Fsp3) is 0.667. The molecule has 3 nitrogen and oxygen atoms in total. The molecule has 0 amide bonds. The predicted molar refractivity (Wildman–Crippen MR) is 62.5 cm³/mol. The molecule has 15 heavy (non-hydrogen) atoms. The van der Waals surface area contributed by atoms with Crippen LogP contribution in [0, 0.1) is 11.8 Å². The maximum Gasteiger partial charge on any atom is 0.115 e. The Hall–Kier alpha value is -0.960. The maximum atomic E-state index is 4.08. The molecule has 3 heteroatoms. The number of rotatable bonds is 5. The van der Waals surface area contributed by atoms with E-state index >= 15 is 0 Å². The third kappa shape index (κ3) is 3.27. The van der Waals surface area contributed by atoms with Gasteiger partial charge in [0, 0.05) is 24.0 Å². The monoisotopic (exact) mass is 207 g/mol. The van der Waals surface area contributed by atoms with Crippen molar-refractivity contribution in [2.75, 3.05) is 6.54 Å². The Morgan fingerprint density at radius 3 is 2.27 bits per heavy atom. The van der Waals surface area contributed by atoms with Crippen molar-refractivity contribution in [3.8, 4) is 0 Å². The van der Waals surface area contributed by atoms with Gasteiger partial charge < -0.3 is 5.32 Å². The Morgan fingerprint density at radius 1 is 1.20 bits per heavy atom. The molecule has 0 saturated carbocycles. The quantitative estimate of drug-likeness (QED) is 0.805. The highest BCUT2D eigenvalue weighted by Gasteiger charge is 2.21. The zero-order valence-corrected chi connectivity index (χ0v) is 10.1. The highest BCUT2D eigenvalue weighted by Crippen LogP contribution is 2.26. The third-order valence-electron chi connectivity index (χ3n) is 2.94. The first kappa shape index (κ1) is 12.1. The van der Waals surface area contributed by atoms with Crippen LogP contribution in [0.25, 0.3) is 0 Å². The van der Waals surface area contributed by atoms with Crippen molar-refractivity contribution in [2.24, 2.45) is 11.8 Å². The minimum absolute atomic E-state index is 0.358. The topological polar surface area (TPSA) is 37.8 Å². The third-order valence-corrected chi connectivity index (χ3v) is 2.94. The van der Waals surface area contributed by atoms with Gasteiger partial charge in [-0.25, -0.2) is 9.97 Å². The number of nitrogens with one attached hydrogen (secondary N) is 1. The van der Waals surface area contributed by atoms with Crippen molar-refractivity contribution in [1.29, 1.82) is 0 Å². The first-order valence-corrected chi connectivity index (χ1v) is 5.65. The molecule has 0 aliphatic rings. The molecule has 1 heterocycles. The van der Waals surface area contributed by atoms with Gasteiger partial charge in [-0.3, -0.25) is 0 Å². The highest BCUT2D eigenvalue weighted by molar-refractivity contribution is 5.10. The van der Waals surface area contributed by atoms with Gasteiger partial charge in [-0.2, -0.15) is 0 Å². The van der Waals surface area contributed by atoms with Gasteiger partial charge in [0.05, 0.1) is 0 Å². The van der Waals surface area contributed by atoms with Crippen LogP contribution in [0.4, 0.5) is 0 Å². The molecule has 1 rings (SSSR count). The Labute approximate surface area is 92.3 Å². The summed E-state index contributed by atoms with van der Waals surface area (Å²) in [4.78, 5) is 8.16. The summed E-state index contributed by atoms with van der Waals surface area (Å²) >= 11 is 0. The molecule has 1 N–H and O–H groups in total. The van der Waals surface area contributed by atoms with E-state index in [4.69, 9.17) is 0 Å². The summed E-state index contributed by atoms with van der Waals surface area (Å²) in [6, 6.07) is 0.358. The molecule has 2 atom stereocenters. The van der Waals surface area contributed by atoms with Crippen LogP contribution in [0.15, 0.2) is 18.7 Å². The largest absolute Gasteiger partial charge is 0.310 e. The van der Waals surface area contributed by atoms with Crippen LogP contribution in [0.3, 0.4) is 0 Å². The van der Waals surface area contributed by atoms with Crippen LogP contribution in [0.2, 0.25) is 0 Å². The summed E-state index contributed by atoms with van der Waals surface area (Å²) in [5.74, 6) is 1.23. The Balaban J connectivity index is 2.83. The normalized spacial score (nSPS) is 15.3. The van der Waals surface area contributed by atoms with E-state index < -0.39 is 0 Å². The van der Waals surface area contributed by atoms with Crippen LogP contribution in [0.1, 0.15) is 39.3 Å². The van der Waals surface area contributed by atoms with E-state index in [0.717, 1.165) is 6.54 Å². The second-order valence-electron chi connectivity index (χ2n) is 4.31. The van der Waals surface area contributed by atoms with E-state index in [1.807, 2.05) is 12.4 Å². The number of hydrogen-bond acceptors (Lipinski definition) is 3. The standard InChI is InChI=1S/C12H21N3/c1-5-15-12(10(4)9(2)3)11-6-13-8-14-7-11/h6-10,12,15H,5H2,1-4H3. The van der Waals surface area contributed by atoms with E-state index in [1.165, 1.54) is 5.56 Å². The minimum atomic E-state index is 0.358. The van der Waals surface area contributed by atoms with Crippen molar-refractivity contribution in [3.05, 3.63) is 24.3 Å². The van der Waals surface area contributed by atoms with Gasteiger partial charge in [0.25, 0.3) is 0 Å². The molecular formula is C12H21N3. The summed E-state index contributed by atoms with van der Waals surface area (Å²) in [7, 11) is 0. The summed E-state index contributed by atoms with van der Waals surface area (Å²) in [5, 5.41) is 3.50. The summed E-state index contributed by atoms with van der Waals surface area (Å²) in [6.45, 7) is 9.86. The SMILES string of the molecule is CCNC(c1cncnc1)C(C)C(C)C. The zero-order chi connectivity index (χ0) is 11.3. The van der Waals surface area contributed by atoms with Gasteiger partial charge in [0.2, 0.25) is 0 Å². The minimum Gasteiger partial charge on any atom is -0.310 e. The lowest BCUT2D eigenvalue weighted by molar-refractivity contribution is 0.306. The van der Waals surface area contributed by atoms with Crippen molar-refractivity contribution < 1.29 is 0 Å². The van der Waals surface area contributed by atoms with Crippen LogP contribution in [-0.2, 0) is 0 Å². The molecule has 2 unspecified atom stereocenters. The molecule has 0 fully saturated rings. The van der Waals surface area contributed by atoms with Crippen LogP contribution < -0.4 is 5.32 Å². The molecule has 1 aromatic rings. The average Bonchev–Trinajstić information content (AvgIpc) is 2.26. The lowest BCUT2D eigenvalue weighted by atomic mass is 9.87. The summed E-state index contributed by atoms with van der Waals surface area (Å²) in [6.07, 6.45) is 5.38. The fourth-order valence-corrected chi connectivity index (χ4v) is 1.68. The van der Waals surface area contributed by atoms with Crippen molar-refractivity contribution in [3.63, 3.8) is 0 Å². The summed E-state index contributed by atoms with van der Waals surface area (Å²) < 4.78 is 0. The van der Waals surface area contributed by atoms with Crippen molar-refractivity contribution in [1.82, 2.24) is 15.3 Å². The molecule has 84 valence electrons. The summed E-state index contributed by atoms with van der Waals surface area (Å²) in [5.41, 5.74) is 1.18. The predicted octanol–water partition coefficient (Wildman–Crippen LogP) is 2.42. The highest BCUT2D eigenvalue weighted by atomic mass is 14.9. The lowest BCUT2D eigenvalue weighted by Crippen LogP contribution is -2.29. The molecule has 0 aliphatic heterocycles. The van der Waals surface area contributed by atoms with Gasteiger partial charge in [-0.15, -0.1) is 0 Å². The fourth-order valence-electron chi connectivity index (χ4n) is 1.68. The zero-order valence-electron chi connectivity index (χ0n) is 10.1. The Kier molecular flexibility index (Phi) is 4.69. The van der Waals surface area contributed by atoms with E-state index in [2.05, 4.69) is 43.0 Å². The number of aromatic nitrogens is 2. The first-order valence-electron chi connectivity index (χ1n) is 5.65. The van der Waals surface area contributed by atoms with Gasteiger partial charge in [-0.1, -0.05) is 27.7 Å². The number of nitrogens with zero attached hydrogens (tertiary/aromatic N) is 2. The smallest absolute Gasteiger partial charge is 0.115 e. The molecule has 0 saturated heterocycles. The van der Waals surface area contributed by atoms with E-state index in [9.17, 15) is 0 Å². The molecule has 0 aromatic carbocycles. The van der Waals surface area contributed by atoms with E-state index in [1.54, 1.807) is 6.33 Å². The Morgan fingerprint density at radius 2 is 1.80 bits per heavy atom. The van der Waals surface area contributed by atoms with Crippen molar-refractivity contribution >= 4 is 0 Å². The van der Waals surface area contributed by atoms with Gasteiger partial charge in [0.15, 0.2) is 0 Å².